The van der Waals surface area contributed by atoms with Crippen molar-refractivity contribution in [2.24, 2.45) is 0 Å². The average molecular weight is 467 g/mol. The van der Waals surface area contributed by atoms with E-state index in [9.17, 15) is 18.4 Å². The normalized spacial score (nSPS) is 11.0. The second-order valence-corrected chi connectivity index (χ2v) is 7.30. The van der Waals surface area contributed by atoms with Crippen LogP contribution < -0.4 is 10.1 Å². The van der Waals surface area contributed by atoms with E-state index in [4.69, 9.17) is 0 Å². The Morgan fingerprint density at radius 2 is 1.97 bits per heavy atom. The van der Waals surface area contributed by atoms with Crippen LogP contribution in [0.15, 0.2) is 46.9 Å². The summed E-state index contributed by atoms with van der Waals surface area (Å²) in [5, 5.41) is 2.78. The number of nitrogens with one attached hydrogen (secondary N) is 1. The molecule has 0 aromatic heterocycles. The number of amides is 2. The molecule has 0 aliphatic heterocycles. The Morgan fingerprint density at radius 3 is 2.66 bits per heavy atom. The van der Waals surface area contributed by atoms with Crippen LogP contribution in [0.4, 0.5) is 14.5 Å². The van der Waals surface area contributed by atoms with E-state index in [1.807, 2.05) is 26.0 Å². The second kappa shape index (κ2) is 10.2. The number of ether oxygens (including phenoxy) is 1. The minimum absolute atomic E-state index is 0.0532. The smallest absolute Gasteiger partial charge is 0.387 e. The number of carbonyl (C=O) groups is 2. The predicted octanol–water partition coefficient (Wildman–Crippen LogP) is 4.78. The standard InChI is InChI=1S/C21H21BrF2N2O3/c1-13-5-4-6-17(14(13)2)25-19(27)12-26(3)20(28)10-7-15-11-16(22)8-9-18(15)29-21(23)24/h4-11,21H,12H2,1-3H3,(H,25,27)/b10-7+. The van der Waals surface area contributed by atoms with Crippen LogP contribution in [0.5, 0.6) is 5.75 Å². The summed E-state index contributed by atoms with van der Waals surface area (Å²) < 4.78 is 30.1. The topological polar surface area (TPSA) is 58.6 Å². The van der Waals surface area contributed by atoms with Gasteiger partial charge in [-0.1, -0.05) is 28.1 Å². The molecule has 0 radical (unpaired) electrons. The van der Waals surface area contributed by atoms with E-state index in [0.29, 0.717) is 15.7 Å². The number of hydrogen-bond acceptors (Lipinski definition) is 3. The Hall–Kier alpha value is -2.74. The fourth-order valence-corrected chi connectivity index (χ4v) is 2.89. The van der Waals surface area contributed by atoms with Crippen molar-refractivity contribution in [3.05, 3.63) is 63.6 Å². The van der Waals surface area contributed by atoms with Crippen LogP contribution >= 0.6 is 15.9 Å². The highest BCUT2D eigenvalue weighted by Crippen LogP contribution is 2.26. The largest absolute Gasteiger partial charge is 0.434 e. The first-order valence-electron chi connectivity index (χ1n) is 8.71. The highest BCUT2D eigenvalue weighted by molar-refractivity contribution is 9.10. The Labute approximate surface area is 176 Å². The fraction of sp³-hybridized carbons (Fsp3) is 0.238. The number of alkyl halides is 2. The summed E-state index contributed by atoms with van der Waals surface area (Å²) in [5.41, 5.74) is 3.00. The number of benzene rings is 2. The molecule has 1 N–H and O–H groups in total. The summed E-state index contributed by atoms with van der Waals surface area (Å²) in [5.74, 6) is -0.848. The summed E-state index contributed by atoms with van der Waals surface area (Å²) >= 11 is 3.25. The molecule has 5 nitrogen and oxygen atoms in total. The Balaban J connectivity index is 2.02. The van der Waals surface area contributed by atoms with E-state index in [2.05, 4.69) is 26.0 Å². The zero-order chi connectivity index (χ0) is 21.6. The number of nitrogens with zero attached hydrogens (tertiary/aromatic N) is 1. The summed E-state index contributed by atoms with van der Waals surface area (Å²) in [6, 6.07) is 10.1. The van der Waals surface area contributed by atoms with Crippen molar-refractivity contribution < 1.29 is 23.1 Å². The Bertz CT molecular complexity index is 932. The van der Waals surface area contributed by atoms with Gasteiger partial charge in [0, 0.05) is 28.8 Å². The molecule has 8 heteroatoms. The molecule has 2 amide bonds. The molecule has 2 aromatic rings. The lowest BCUT2D eigenvalue weighted by Gasteiger charge is -2.16. The number of hydrogen-bond donors (Lipinski definition) is 1. The van der Waals surface area contributed by atoms with Crippen LogP contribution in [0.3, 0.4) is 0 Å². The van der Waals surface area contributed by atoms with Crippen molar-refractivity contribution in [2.75, 3.05) is 18.9 Å². The summed E-state index contributed by atoms with van der Waals surface area (Å²) in [4.78, 5) is 25.8. The maximum absolute atomic E-state index is 12.5. The van der Waals surface area contributed by atoms with Gasteiger partial charge < -0.3 is 15.0 Å². The molecular weight excluding hydrogens is 446 g/mol. The molecule has 0 heterocycles. The van der Waals surface area contributed by atoms with Gasteiger partial charge in [-0.3, -0.25) is 9.59 Å². The SMILES string of the molecule is Cc1cccc(NC(=O)CN(C)C(=O)/C=C/c2cc(Br)ccc2OC(F)F)c1C. The van der Waals surface area contributed by atoms with Gasteiger partial charge in [-0.2, -0.15) is 8.78 Å². The molecule has 0 saturated carbocycles. The molecule has 0 saturated heterocycles. The second-order valence-electron chi connectivity index (χ2n) is 6.38. The third-order valence-electron chi connectivity index (χ3n) is 4.23. The number of aryl methyl sites for hydroxylation is 1. The lowest BCUT2D eigenvalue weighted by atomic mass is 10.1. The monoisotopic (exact) mass is 466 g/mol. The number of anilines is 1. The molecule has 0 bridgehead atoms. The molecule has 29 heavy (non-hydrogen) atoms. The summed E-state index contributed by atoms with van der Waals surface area (Å²) in [6.45, 7) is 0.712. The Morgan fingerprint density at radius 1 is 1.24 bits per heavy atom. The van der Waals surface area contributed by atoms with Crippen LogP contribution in [-0.4, -0.2) is 36.9 Å². The zero-order valence-corrected chi connectivity index (χ0v) is 17.8. The molecule has 0 spiro atoms. The number of likely N-dealkylation sites (N-methyl/N-ethyl adjacent to an activating group) is 1. The first-order valence-corrected chi connectivity index (χ1v) is 9.50. The van der Waals surface area contributed by atoms with Gasteiger partial charge in [0.05, 0.1) is 6.54 Å². The van der Waals surface area contributed by atoms with Crippen LogP contribution in [0, 0.1) is 13.8 Å². The maximum atomic E-state index is 12.5. The van der Waals surface area contributed by atoms with Crippen molar-refractivity contribution >= 4 is 39.5 Å². The quantitative estimate of drug-likeness (QED) is 0.597. The zero-order valence-electron chi connectivity index (χ0n) is 16.2. The van der Waals surface area contributed by atoms with E-state index in [-0.39, 0.29) is 18.2 Å². The van der Waals surface area contributed by atoms with Crippen molar-refractivity contribution in [1.82, 2.24) is 4.90 Å². The van der Waals surface area contributed by atoms with E-state index < -0.39 is 12.5 Å². The molecule has 0 unspecified atom stereocenters. The molecule has 2 aromatic carbocycles. The number of halogens is 3. The number of rotatable bonds is 7. The molecule has 0 aliphatic rings. The molecule has 0 atom stereocenters. The van der Waals surface area contributed by atoms with Crippen LogP contribution in [0.25, 0.3) is 6.08 Å². The molecule has 0 aliphatic carbocycles. The van der Waals surface area contributed by atoms with Gasteiger partial charge in [0.1, 0.15) is 5.75 Å². The van der Waals surface area contributed by atoms with Gasteiger partial charge >= 0.3 is 6.61 Å². The van der Waals surface area contributed by atoms with Crippen molar-refractivity contribution in [1.29, 1.82) is 0 Å². The van der Waals surface area contributed by atoms with Crippen molar-refractivity contribution in [2.45, 2.75) is 20.5 Å². The summed E-state index contributed by atoms with van der Waals surface area (Å²) in [6.07, 6.45) is 2.56. The van der Waals surface area contributed by atoms with Crippen molar-refractivity contribution in [3.63, 3.8) is 0 Å². The third-order valence-corrected chi connectivity index (χ3v) is 4.72. The van der Waals surface area contributed by atoms with Crippen LogP contribution in [-0.2, 0) is 9.59 Å². The van der Waals surface area contributed by atoms with Gasteiger partial charge in [0.15, 0.2) is 0 Å². The van der Waals surface area contributed by atoms with Crippen LogP contribution in [0.1, 0.15) is 16.7 Å². The summed E-state index contributed by atoms with van der Waals surface area (Å²) in [7, 11) is 1.48. The highest BCUT2D eigenvalue weighted by Gasteiger charge is 2.13. The molecule has 154 valence electrons. The first kappa shape index (κ1) is 22.5. The first-order chi connectivity index (χ1) is 13.7. The van der Waals surface area contributed by atoms with Crippen molar-refractivity contribution in [3.8, 4) is 5.75 Å². The molecule has 0 fully saturated rings. The fourth-order valence-electron chi connectivity index (χ4n) is 2.51. The minimum Gasteiger partial charge on any atom is -0.434 e. The van der Waals surface area contributed by atoms with E-state index in [1.165, 1.54) is 30.2 Å². The highest BCUT2D eigenvalue weighted by atomic mass is 79.9. The lowest BCUT2D eigenvalue weighted by molar-refractivity contribution is -0.129. The van der Waals surface area contributed by atoms with Gasteiger partial charge in [0.2, 0.25) is 11.8 Å². The minimum atomic E-state index is -2.98. The van der Waals surface area contributed by atoms with Crippen LogP contribution in [0.2, 0.25) is 0 Å². The molecular formula is C21H21BrF2N2O3. The van der Waals surface area contributed by atoms with Gasteiger partial charge in [-0.15, -0.1) is 0 Å². The third kappa shape index (κ3) is 6.67. The van der Waals surface area contributed by atoms with Gasteiger partial charge in [-0.05, 0) is 55.3 Å². The van der Waals surface area contributed by atoms with E-state index in [0.717, 1.165) is 11.1 Å². The lowest BCUT2D eigenvalue weighted by Crippen LogP contribution is -2.34. The van der Waals surface area contributed by atoms with E-state index in [1.54, 1.807) is 18.2 Å². The maximum Gasteiger partial charge on any atom is 0.387 e. The van der Waals surface area contributed by atoms with E-state index >= 15 is 0 Å². The number of carbonyl (C=O) groups excluding carboxylic acids is 2. The Kier molecular flexibility index (Phi) is 7.90. The average Bonchev–Trinajstić information content (AvgIpc) is 2.64. The van der Waals surface area contributed by atoms with Gasteiger partial charge in [0.25, 0.3) is 0 Å². The molecule has 2 rings (SSSR count). The van der Waals surface area contributed by atoms with Gasteiger partial charge in [-0.25, -0.2) is 0 Å². The predicted molar refractivity (Wildman–Crippen MR) is 112 cm³/mol.